The predicted octanol–water partition coefficient (Wildman–Crippen LogP) is 4.11. The zero-order valence-electron chi connectivity index (χ0n) is 12.5. The summed E-state index contributed by atoms with van der Waals surface area (Å²) in [5.74, 6) is 1.65. The topological polar surface area (TPSA) is 24.9 Å². The zero-order chi connectivity index (χ0) is 13.5. The highest BCUT2D eigenvalue weighted by atomic mass is 32.1. The van der Waals surface area contributed by atoms with Gasteiger partial charge in [-0.25, -0.2) is 4.98 Å². The maximum absolute atomic E-state index is 4.94. The monoisotopic (exact) mass is 278 g/mol. The standard InChI is InChI=1S/C16H26N2S/c1-16(2,3)12-6-4-11(5-7-12)15-18-13-8-9-17-10-14(13)19-15/h11-12,17H,4-10H2,1-3H3. The second-order valence-corrected chi connectivity index (χ2v) is 8.38. The highest BCUT2D eigenvalue weighted by Crippen LogP contribution is 2.44. The van der Waals surface area contributed by atoms with Crippen molar-refractivity contribution in [2.45, 2.75) is 65.3 Å². The summed E-state index contributed by atoms with van der Waals surface area (Å²) in [6, 6.07) is 0. The van der Waals surface area contributed by atoms with Crippen LogP contribution in [0.1, 0.15) is 68.0 Å². The van der Waals surface area contributed by atoms with E-state index in [4.69, 9.17) is 4.98 Å². The number of aromatic nitrogens is 1. The van der Waals surface area contributed by atoms with E-state index in [1.807, 2.05) is 11.3 Å². The molecule has 2 aliphatic rings. The zero-order valence-corrected chi connectivity index (χ0v) is 13.3. The third kappa shape index (κ3) is 2.87. The smallest absolute Gasteiger partial charge is 0.0962 e. The van der Waals surface area contributed by atoms with Gasteiger partial charge in [0.1, 0.15) is 0 Å². The largest absolute Gasteiger partial charge is 0.311 e. The normalized spacial score (nSPS) is 28.2. The van der Waals surface area contributed by atoms with Gasteiger partial charge < -0.3 is 5.32 Å². The summed E-state index contributed by atoms with van der Waals surface area (Å²) < 4.78 is 0. The molecule has 2 nitrogen and oxygen atoms in total. The van der Waals surface area contributed by atoms with E-state index in [1.54, 1.807) is 0 Å². The quantitative estimate of drug-likeness (QED) is 0.836. The molecular weight excluding hydrogens is 252 g/mol. The highest BCUT2D eigenvalue weighted by molar-refractivity contribution is 7.11. The molecule has 3 heteroatoms. The minimum absolute atomic E-state index is 0.483. The molecule has 2 heterocycles. The molecule has 106 valence electrons. The average Bonchev–Trinajstić information content (AvgIpc) is 2.81. The van der Waals surface area contributed by atoms with Crippen molar-refractivity contribution in [3.63, 3.8) is 0 Å². The molecule has 0 unspecified atom stereocenters. The van der Waals surface area contributed by atoms with Gasteiger partial charge in [-0.05, 0) is 37.0 Å². The molecule has 1 saturated carbocycles. The fourth-order valence-corrected chi connectivity index (χ4v) is 4.78. The van der Waals surface area contributed by atoms with Crippen LogP contribution in [0.2, 0.25) is 0 Å². The molecule has 3 rings (SSSR count). The maximum Gasteiger partial charge on any atom is 0.0962 e. The first-order valence-corrected chi connectivity index (χ1v) is 8.55. The van der Waals surface area contributed by atoms with Crippen LogP contribution in [-0.2, 0) is 13.0 Å². The van der Waals surface area contributed by atoms with Crippen LogP contribution in [0, 0.1) is 11.3 Å². The summed E-state index contributed by atoms with van der Waals surface area (Å²) in [6.07, 6.45) is 6.60. The summed E-state index contributed by atoms with van der Waals surface area (Å²) >= 11 is 1.98. The number of hydrogen-bond acceptors (Lipinski definition) is 3. The Bertz CT molecular complexity index is 413. The van der Waals surface area contributed by atoms with Crippen LogP contribution < -0.4 is 5.32 Å². The van der Waals surface area contributed by atoms with Crippen LogP contribution in [0.3, 0.4) is 0 Å². The Morgan fingerprint density at radius 3 is 2.53 bits per heavy atom. The average molecular weight is 278 g/mol. The Labute approximate surface area is 121 Å². The Balaban J connectivity index is 1.67. The predicted molar refractivity (Wildman–Crippen MR) is 81.7 cm³/mol. The number of fused-ring (bicyclic) bond motifs is 1. The van der Waals surface area contributed by atoms with Gasteiger partial charge in [0.05, 0.1) is 10.7 Å². The minimum Gasteiger partial charge on any atom is -0.311 e. The molecule has 1 aliphatic carbocycles. The minimum atomic E-state index is 0.483. The van der Waals surface area contributed by atoms with E-state index >= 15 is 0 Å². The van der Waals surface area contributed by atoms with Crippen LogP contribution in [0.4, 0.5) is 0 Å². The van der Waals surface area contributed by atoms with Crippen molar-refractivity contribution >= 4 is 11.3 Å². The summed E-state index contributed by atoms with van der Waals surface area (Å²) in [4.78, 5) is 6.44. The van der Waals surface area contributed by atoms with Crippen LogP contribution >= 0.6 is 11.3 Å². The van der Waals surface area contributed by atoms with Crippen LogP contribution in [0.25, 0.3) is 0 Å². The molecule has 0 bridgehead atoms. The Morgan fingerprint density at radius 1 is 1.16 bits per heavy atom. The molecule has 1 aromatic heterocycles. The van der Waals surface area contributed by atoms with E-state index < -0.39 is 0 Å². The number of hydrogen-bond donors (Lipinski definition) is 1. The fourth-order valence-electron chi connectivity index (χ4n) is 3.53. The third-order valence-corrected chi connectivity index (χ3v) is 6.18. The molecule has 0 spiro atoms. The molecular formula is C16H26N2S. The molecule has 0 aromatic carbocycles. The van der Waals surface area contributed by atoms with E-state index in [1.165, 1.54) is 41.3 Å². The fraction of sp³-hybridized carbons (Fsp3) is 0.812. The number of nitrogens with one attached hydrogen (secondary N) is 1. The second kappa shape index (κ2) is 5.17. The van der Waals surface area contributed by atoms with Crippen molar-refractivity contribution in [1.29, 1.82) is 0 Å². The van der Waals surface area contributed by atoms with Gasteiger partial charge >= 0.3 is 0 Å². The molecule has 1 aliphatic heterocycles. The highest BCUT2D eigenvalue weighted by Gasteiger charge is 2.31. The van der Waals surface area contributed by atoms with E-state index in [2.05, 4.69) is 26.1 Å². The summed E-state index contributed by atoms with van der Waals surface area (Å²) in [5, 5.41) is 4.89. The van der Waals surface area contributed by atoms with Gasteiger partial charge in [0.15, 0.2) is 0 Å². The lowest BCUT2D eigenvalue weighted by atomic mass is 9.70. The molecule has 1 aromatic rings. The molecule has 1 fully saturated rings. The molecule has 0 atom stereocenters. The van der Waals surface area contributed by atoms with E-state index in [-0.39, 0.29) is 0 Å². The first-order chi connectivity index (χ1) is 9.04. The van der Waals surface area contributed by atoms with Crippen LogP contribution in [0.15, 0.2) is 0 Å². The van der Waals surface area contributed by atoms with Crippen molar-refractivity contribution in [3.05, 3.63) is 15.6 Å². The van der Waals surface area contributed by atoms with Gasteiger partial charge in [0.25, 0.3) is 0 Å². The van der Waals surface area contributed by atoms with Gasteiger partial charge in [0.2, 0.25) is 0 Å². The van der Waals surface area contributed by atoms with E-state index in [0.29, 0.717) is 5.41 Å². The van der Waals surface area contributed by atoms with Gasteiger partial charge in [0, 0.05) is 30.3 Å². The van der Waals surface area contributed by atoms with Crippen LogP contribution in [0.5, 0.6) is 0 Å². The first kappa shape index (κ1) is 13.6. The van der Waals surface area contributed by atoms with Crippen molar-refractivity contribution < 1.29 is 0 Å². The van der Waals surface area contributed by atoms with E-state index in [9.17, 15) is 0 Å². The summed E-state index contributed by atoms with van der Waals surface area (Å²) in [7, 11) is 0. The Hall–Kier alpha value is -0.410. The van der Waals surface area contributed by atoms with Crippen LogP contribution in [-0.4, -0.2) is 11.5 Å². The number of rotatable bonds is 1. The lowest BCUT2D eigenvalue weighted by Gasteiger charge is -2.36. The summed E-state index contributed by atoms with van der Waals surface area (Å²) in [5.41, 5.74) is 1.87. The number of thiazole rings is 1. The van der Waals surface area contributed by atoms with Gasteiger partial charge in [-0.3, -0.25) is 0 Å². The molecule has 0 radical (unpaired) electrons. The Morgan fingerprint density at radius 2 is 1.89 bits per heavy atom. The first-order valence-electron chi connectivity index (χ1n) is 7.73. The lowest BCUT2D eigenvalue weighted by Crippen LogP contribution is -2.25. The molecule has 19 heavy (non-hydrogen) atoms. The Kier molecular flexibility index (Phi) is 3.69. The van der Waals surface area contributed by atoms with Crippen molar-refractivity contribution in [2.75, 3.05) is 6.54 Å². The van der Waals surface area contributed by atoms with Crippen molar-refractivity contribution in [1.82, 2.24) is 10.3 Å². The lowest BCUT2D eigenvalue weighted by molar-refractivity contribution is 0.169. The van der Waals surface area contributed by atoms with Gasteiger partial charge in [-0.2, -0.15) is 0 Å². The van der Waals surface area contributed by atoms with Gasteiger partial charge in [-0.15, -0.1) is 11.3 Å². The van der Waals surface area contributed by atoms with Crippen molar-refractivity contribution in [2.24, 2.45) is 11.3 Å². The summed E-state index contributed by atoms with van der Waals surface area (Å²) in [6.45, 7) is 9.33. The SMILES string of the molecule is CC(C)(C)C1CCC(c2nc3c(s2)CNCC3)CC1. The second-order valence-electron chi connectivity index (χ2n) is 7.26. The molecule has 0 amide bonds. The van der Waals surface area contributed by atoms with Gasteiger partial charge in [-0.1, -0.05) is 20.8 Å². The third-order valence-electron chi connectivity index (χ3n) is 4.92. The molecule has 1 N–H and O–H groups in total. The van der Waals surface area contributed by atoms with Crippen molar-refractivity contribution in [3.8, 4) is 0 Å². The number of nitrogens with zero attached hydrogens (tertiary/aromatic N) is 1. The maximum atomic E-state index is 4.94. The van der Waals surface area contributed by atoms with E-state index in [0.717, 1.165) is 31.3 Å². The molecule has 0 saturated heterocycles.